The summed E-state index contributed by atoms with van der Waals surface area (Å²) in [4.78, 5) is 23.1. The smallest absolute Gasteiger partial charge is 0.393 e. The van der Waals surface area contributed by atoms with Crippen LogP contribution in [0, 0.1) is 0 Å². The Bertz CT molecular complexity index is 1100. The van der Waals surface area contributed by atoms with Crippen molar-refractivity contribution in [1.29, 1.82) is 0 Å². The fraction of sp³-hybridized carbons (Fsp3) is 0.936. The highest BCUT2D eigenvalue weighted by Gasteiger charge is 2.51. The van der Waals surface area contributed by atoms with Crippen molar-refractivity contribution in [2.75, 3.05) is 6.61 Å². The van der Waals surface area contributed by atoms with E-state index < -0.39 is 75.2 Å². The molecule has 0 spiro atoms. The Morgan fingerprint density at radius 1 is 0.557 bits per heavy atom. The second kappa shape index (κ2) is 37.3. The Kier molecular flexibility index (Phi) is 35.5. The molecule has 14 heteroatoms. The molecule has 0 aliphatic heterocycles. The van der Waals surface area contributed by atoms with E-state index in [1.807, 2.05) is 6.92 Å². The lowest BCUT2D eigenvalue weighted by Gasteiger charge is -2.41. The summed E-state index contributed by atoms with van der Waals surface area (Å²) in [5.74, 6) is -0.570. The van der Waals surface area contributed by atoms with Crippen LogP contribution in [0.4, 0.5) is 0 Å². The van der Waals surface area contributed by atoms with Crippen molar-refractivity contribution in [3.8, 4) is 0 Å². The van der Waals surface area contributed by atoms with Crippen LogP contribution in [-0.4, -0.2) is 108 Å². The van der Waals surface area contributed by atoms with Gasteiger partial charge in [-0.05, 0) is 38.5 Å². The molecule has 1 aliphatic rings. The van der Waals surface area contributed by atoms with Gasteiger partial charge in [-0.1, -0.05) is 187 Å². The number of hydrogen-bond acceptors (Lipinski definition) is 11. The van der Waals surface area contributed by atoms with E-state index in [9.17, 15) is 50.0 Å². The summed E-state index contributed by atoms with van der Waals surface area (Å²) in [6, 6.07) is -1.15. The summed E-state index contributed by atoms with van der Waals surface area (Å²) in [5.41, 5.74) is 0. The first-order valence-electron chi connectivity index (χ1n) is 24.7. The molecule has 8 atom stereocenters. The zero-order valence-corrected chi connectivity index (χ0v) is 39.2. The number of aliphatic hydroxyl groups is 7. The summed E-state index contributed by atoms with van der Waals surface area (Å²) in [6.45, 7) is 3.58. The topological polar surface area (TPSA) is 226 Å². The van der Waals surface area contributed by atoms with Gasteiger partial charge in [0.15, 0.2) is 0 Å². The molecule has 1 fully saturated rings. The third kappa shape index (κ3) is 29.2. The van der Waals surface area contributed by atoms with Crippen molar-refractivity contribution in [3.05, 3.63) is 12.2 Å². The van der Waals surface area contributed by atoms with Crippen molar-refractivity contribution >= 4 is 13.7 Å². The fourth-order valence-electron chi connectivity index (χ4n) is 8.06. The van der Waals surface area contributed by atoms with E-state index in [-0.39, 0.29) is 12.8 Å². The average Bonchev–Trinajstić information content (AvgIpc) is 3.23. The van der Waals surface area contributed by atoms with Gasteiger partial charge in [-0.15, -0.1) is 0 Å². The number of carbonyl (C=O) groups is 1. The molecule has 8 unspecified atom stereocenters. The molecular formula is C47H92NO12P. The highest BCUT2D eigenvalue weighted by molar-refractivity contribution is 7.47. The molecule has 13 nitrogen and oxygen atoms in total. The van der Waals surface area contributed by atoms with E-state index in [0.717, 1.165) is 38.5 Å². The number of unbranched alkanes of at least 4 members (excludes halogenated alkanes) is 26. The van der Waals surface area contributed by atoms with Crippen LogP contribution in [0.15, 0.2) is 12.2 Å². The molecular weight excluding hydrogens is 801 g/mol. The number of hydrogen-bond donors (Lipinski definition) is 9. The molecule has 0 aromatic rings. The lowest BCUT2D eigenvalue weighted by atomic mass is 9.85. The van der Waals surface area contributed by atoms with Gasteiger partial charge in [0, 0.05) is 0 Å². The number of rotatable bonds is 41. The second-order valence-corrected chi connectivity index (χ2v) is 19.3. The van der Waals surface area contributed by atoms with Gasteiger partial charge in [0.2, 0.25) is 5.91 Å². The van der Waals surface area contributed by atoms with Gasteiger partial charge in [0.05, 0.1) is 31.3 Å². The highest BCUT2D eigenvalue weighted by Crippen LogP contribution is 2.47. The number of amides is 1. The summed E-state index contributed by atoms with van der Waals surface area (Å²) in [6.07, 6.45) is 27.2. The maximum atomic E-state index is 12.8. The maximum Gasteiger partial charge on any atom is 0.472 e. The third-order valence-electron chi connectivity index (χ3n) is 12.1. The van der Waals surface area contributed by atoms with E-state index in [4.69, 9.17) is 9.05 Å². The first kappa shape index (κ1) is 58.1. The minimum absolute atomic E-state index is 0.222. The van der Waals surface area contributed by atoms with Crippen molar-refractivity contribution in [2.24, 2.45) is 0 Å². The standard InChI is InChI=1S/C47H92NO12P/c1-3-5-7-8-9-10-11-12-13-14-15-16-17-18-19-20-21-22-23-24-25-26-27-28-29-30-31-33-34-38(49)36-41(51)48-39(40(50)35-32-6-4-2)37-59-61(57,58)60-47-45(55)43(53)42(52)44(54)46(47)56/h18-19,38-40,42-47,49-50,52-56H,3-17,20-37H2,1-2H3,(H,48,51)(H,57,58)/b19-18-. The van der Waals surface area contributed by atoms with Gasteiger partial charge >= 0.3 is 7.82 Å². The van der Waals surface area contributed by atoms with Crippen LogP contribution < -0.4 is 5.32 Å². The van der Waals surface area contributed by atoms with Crippen LogP contribution in [0.1, 0.15) is 219 Å². The van der Waals surface area contributed by atoms with Crippen molar-refractivity contribution in [1.82, 2.24) is 5.32 Å². The second-order valence-electron chi connectivity index (χ2n) is 17.9. The van der Waals surface area contributed by atoms with Crippen LogP contribution >= 0.6 is 7.82 Å². The fourth-order valence-corrected chi connectivity index (χ4v) is 9.03. The third-order valence-corrected chi connectivity index (χ3v) is 13.1. The lowest BCUT2D eigenvalue weighted by Crippen LogP contribution is -2.64. The van der Waals surface area contributed by atoms with Gasteiger partial charge in [-0.2, -0.15) is 0 Å². The number of allylic oxidation sites excluding steroid dienone is 2. The summed E-state index contributed by atoms with van der Waals surface area (Å²) in [5, 5.41) is 73.8. The first-order chi connectivity index (χ1) is 29.3. The van der Waals surface area contributed by atoms with Crippen LogP contribution in [0.5, 0.6) is 0 Å². The van der Waals surface area contributed by atoms with E-state index in [1.165, 1.54) is 141 Å². The monoisotopic (exact) mass is 894 g/mol. The molecule has 362 valence electrons. The Morgan fingerprint density at radius 2 is 0.918 bits per heavy atom. The zero-order valence-electron chi connectivity index (χ0n) is 38.3. The quantitative estimate of drug-likeness (QED) is 0.0160. The minimum atomic E-state index is -5.09. The largest absolute Gasteiger partial charge is 0.472 e. The molecule has 0 bridgehead atoms. The van der Waals surface area contributed by atoms with Gasteiger partial charge in [0.25, 0.3) is 0 Å². The van der Waals surface area contributed by atoms with Crippen molar-refractivity contribution < 1.29 is 59.0 Å². The molecule has 1 amide bonds. The summed E-state index contributed by atoms with van der Waals surface area (Å²) in [7, 11) is -5.09. The number of nitrogens with one attached hydrogen (secondary N) is 1. The van der Waals surface area contributed by atoms with E-state index >= 15 is 0 Å². The predicted molar refractivity (Wildman–Crippen MR) is 243 cm³/mol. The van der Waals surface area contributed by atoms with Gasteiger partial charge in [-0.3, -0.25) is 13.8 Å². The first-order valence-corrected chi connectivity index (χ1v) is 26.2. The Morgan fingerprint density at radius 3 is 1.36 bits per heavy atom. The number of phosphoric acid groups is 1. The zero-order chi connectivity index (χ0) is 45.1. The summed E-state index contributed by atoms with van der Waals surface area (Å²) >= 11 is 0. The molecule has 0 radical (unpaired) electrons. The van der Waals surface area contributed by atoms with Gasteiger partial charge in [-0.25, -0.2) is 4.57 Å². The van der Waals surface area contributed by atoms with Crippen molar-refractivity contribution in [2.45, 2.75) is 274 Å². The molecule has 1 saturated carbocycles. The lowest BCUT2D eigenvalue weighted by molar-refractivity contribution is -0.220. The molecule has 0 aromatic carbocycles. The Hall–Kier alpha value is -0.960. The SMILES string of the molecule is CCCCCCCCCCCCCC/C=C\CCCCCCCCCCCCCCC(O)CC(=O)NC(COP(=O)(O)OC1C(O)C(O)C(O)C(O)C1O)C(O)CCCCC. The number of phosphoric ester groups is 1. The Labute approximate surface area is 370 Å². The van der Waals surface area contributed by atoms with E-state index in [0.29, 0.717) is 12.8 Å². The predicted octanol–water partition coefficient (Wildman–Crippen LogP) is 8.59. The van der Waals surface area contributed by atoms with Gasteiger partial charge in [0.1, 0.15) is 36.6 Å². The molecule has 0 heterocycles. The highest BCUT2D eigenvalue weighted by atomic mass is 31.2. The minimum Gasteiger partial charge on any atom is -0.393 e. The normalized spacial score (nSPS) is 23.2. The summed E-state index contributed by atoms with van der Waals surface area (Å²) < 4.78 is 22.6. The van der Waals surface area contributed by atoms with E-state index in [2.05, 4.69) is 24.4 Å². The van der Waals surface area contributed by atoms with Crippen LogP contribution in [0.3, 0.4) is 0 Å². The molecule has 0 aromatic heterocycles. The average molecular weight is 894 g/mol. The number of aliphatic hydroxyl groups excluding tert-OH is 7. The van der Waals surface area contributed by atoms with Crippen LogP contribution in [0.25, 0.3) is 0 Å². The Balaban J connectivity index is 2.13. The molecule has 61 heavy (non-hydrogen) atoms. The van der Waals surface area contributed by atoms with E-state index in [1.54, 1.807) is 0 Å². The van der Waals surface area contributed by atoms with Crippen molar-refractivity contribution in [3.63, 3.8) is 0 Å². The van der Waals surface area contributed by atoms with Crippen LogP contribution in [-0.2, 0) is 18.4 Å². The molecule has 1 aliphatic carbocycles. The maximum absolute atomic E-state index is 12.8. The number of carbonyl (C=O) groups excluding carboxylic acids is 1. The van der Waals surface area contributed by atoms with Crippen LogP contribution in [0.2, 0.25) is 0 Å². The molecule has 9 N–H and O–H groups in total. The molecule has 1 rings (SSSR count). The van der Waals surface area contributed by atoms with Gasteiger partial charge < -0.3 is 46.0 Å². The molecule has 0 saturated heterocycles.